The highest BCUT2D eigenvalue weighted by Gasteiger charge is 1.99. The molecule has 0 spiro atoms. The molecule has 0 bridgehead atoms. The van der Waals surface area contributed by atoms with Gasteiger partial charge in [-0.25, -0.2) is 0 Å². The summed E-state index contributed by atoms with van der Waals surface area (Å²) in [6.07, 6.45) is 5.41. The maximum absolute atomic E-state index is 10.6. The minimum Gasteiger partial charge on any atom is -0.300 e. The Morgan fingerprint density at radius 1 is 1.73 bits per heavy atom. The highest BCUT2D eigenvalue weighted by molar-refractivity contribution is 8.05. The van der Waals surface area contributed by atoms with Gasteiger partial charge < -0.3 is 4.79 Å². The summed E-state index contributed by atoms with van der Waals surface area (Å²) in [5.74, 6) is 0.255. The Kier molecular flexibility index (Phi) is 3.21. The molecule has 11 heavy (non-hydrogen) atoms. The fourth-order valence-electron chi connectivity index (χ4n) is 0.771. The minimum atomic E-state index is 0.255. The monoisotopic (exact) mass is 166 g/mol. The molecule has 0 aromatic carbocycles. The molecule has 0 amide bonds. The van der Waals surface area contributed by atoms with Crippen LogP contribution in [0.2, 0.25) is 0 Å². The number of ketones is 1. The van der Waals surface area contributed by atoms with Crippen LogP contribution >= 0.6 is 11.8 Å². The first-order chi connectivity index (χ1) is 5.29. The largest absolute Gasteiger partial charge is 0.300 e. The zero-order valence-corrected chi connectivity index (χ0v) is 7.28. The van der Waals surface area contributed by atoms with Crippen LogP contribution in [0.4, 0.5) is 0 Å². The van der Waals surface area contributed by atoms with E-state index in [-0.39, 0.29) is 5.78 Å². The van der Waals surface area contributed by atoms with Crippen molar-refractivity contribution < 1.29 is 4.79 Å². The van der Waals surface area contributed by atoms with Crippen LogP contribution in [0.3, 0.4) is 0 Å². The molecule has 1 aliphatic rings. The topological polar surface area (TPSA) is 17.1 Å². The average Bonchev–Trinajstić information content (AvgIpc) is 2.03. The number of thioether (sulfide) groups is 1. The van der Waals surface area contributed by atoms with Crippen LogP contribution in [-0.4, -0.2) is 5.78 Å². The van der Waals surface area contributed by atoms with Crippen molar-refractivity contribution in [2.24, 2.45) is 0 Å². The quantitative estimate of drug-likeness (QED) is 0.599. The Balaban J connectivity index is 2.34. The Morgan fingerprint density at radius 3 is 3.09 bits per heavy atom. The number of allylic oxidation sites excluding steroid dienone is 3. The molecular weight excluding hydrogens is 156 g/mol. The first kappa shape index (κ1) is 8.38. The zero-order valence-electron chi connectivity index (χ0n) is 6.46. The van der Waals surface area contributed by atoms with Crippen LogP contribution in [0.1, 0.15) is 19.8 Å². The van der Waals surface area contributed by atoms with Crippen molar-refractivity contribution in [3.63, 3.8) is 0 Å². The molecule has 58 valence electrons. The number of Topliss-reactive ketones (excluding diaryl/α,β-unsaturated/α-hetero) is 1. The van der Waals surface area contributed by atoms with Gasteiger partial charge in [-0.2, -0.15) is 0 Å². The molecule has 0 aromatic rings. The van der Waals surface area contributed by atoms with E-state index in [4.69, 9.17) is 0 Å². The van der Waals surface area contributed by atoms with Crippen molar-refractivity contribution in [1.29, 1.82) is 0 Å². The van der Waals surface area contributed by atoms with Gasteiger partial charge >= 0.3 is 0 Å². The molecule has 0 radical (unpaired) electrons. The number of carbonyl (C=O) groups is 1. The van der Waals surface area contributed by atoms with Crippen LogP contribution in [-0.2, 0) is 4.79 Å². The Bertz CT molecular complexity index is 244. The molecular formula is C9H10OS. The lowest BCUT2D eigenvalue weighted by Gasteiger charge is -2.01. The fourth-order valence-corrected chi connectivity index (χ4v) is 1.44. The van der Waals surface area contributed by atoms with Crippen LogP contribution in [0.5, 0.6) is 0 Å². The third-order valence-corrected chi connectivity index (χ3v) is 2.26. The van der Waals surface area contributed by atoms with E-state index in [1.165, 1.54) is 4.91 Å². The van der Waals surface area contributed by atoms with Gasteiger partial charge in [0.15, 0.2) is 0 Å². The van der Waals surface area contributed by atoms with Crippen LogP contribution in [0.15, 0.2) is 28.2 Å². The molecule has 0 atom stereocenters. The van der Waals surface area contributed by atoms with E-state index in [1.807, 2.05) is 17.6 Å². The Labute approximate surface area is 70.9 Å². The number of hydrogen-bond acceptors (Lipinski definition) is 2. The van der Waals surface area contributed by atoms with Gasteiger partial charge in [-0.1, -0.05) is 11.8 Å². The van der Waals surface area contributed by atoms with Crippen molar-refractivity contribution in [1.82, 2.24) is 0 Å². The molecule has 0 unspecified atom stereocenters. The standard InChI is InChI=1S/C9H10OS/c1-8(10)5-6-9-4-2-3-7-11-9/h2,4,7H,5-6H2,1H3. The molecule has 0 aliphatic carbocycles. The van der Waals surface area contributed by atoms with E-state index in [0.29, 0.717) is 6.42 Å². The molecule has 1 nitrogen and oxygen atoms in total. The first-order valence-electron chi connectivity index (χ1n) is 3.55. The number of rotatable bonds is 3. The molecule has 2 heteroatoms. The molecule has 0 N–H and O–H groups in total. The number of carbonyl (C=O) groups excluding carboxylic acids is 1. The molecule has 0 fully saturated rings. The Morgan fingerprint density at radius 2 is 2.55 bits per heavy atom. The van der Waals surface area contributed by atoms with E-state index >= 15 is 0 Å². The van der Waals surface area contributed by atoms with E-state index in [9.17, 15) is 4.79 Å². The third kappa shape index (κ3) is 3.26. The van der Waals surface area contributed by atoms with Crippen molar-refractivity contribution >= 4 is 17.5 Å². The minimum absolute atomic E-state index is 0.255. The van der Waals surface area contributed by atoms with Gasteiger partial charge in [0, 0.05) is 11.8 Å². The molecule has 1 heterocycles. The lowest BCUT2D eigenvalue weighted by Crippen LogP contribution is -1.89. The Hall–Kier alpha value is -0.720. The fraction of sp³-hybridized carbons (Fsp3) is 0.333. The summed E-state index contributed by atoms with van der Waals surface area (Å²) in [4.78, 5) is 11.9. The van der Waals surface area contributed by atoms with Gasteiger partial charge in [0.05, 0.1) is 0 Å². The second-order valence-electron chi connectivity index (χ2n) is 2.40. The van der Waals surface area contributed by atoms with Gasteiger partial charge in [0.25, 0.3) is 0 Å². The summed E-state index contributed by atoms with van der Waals surface area (Å²) in [6.45, 7) is 1.62. The van der Waals surface area contributed by atoms with Crippen LogP contribution in [0, 0.1) is 0 Å². The predicted molar refractivity (Wildman–Crippen MR) is 48.2 cm³/mol. The van der Waals surface area contributed by atoms with Crippen molar-refractivity contribution in [2.75, 3.05) is 0 Å². The normalized spacial score (nSPS) is 14.8. The van der Waals surface area contributed by atoms with Gasteiger partial charge in [-0.05, 0) is 30.4 Å². The lowest BCUT2D eigenvalue weighted by atomic mass is 10.2. The van der Waals surface area contributed by atoms with E-state index in [1.54, 1.807) is 18.7 Å². The highest BCUT2D eigenvalue weighted by Crippen LogP contribution is 2.23. The van der Waals surface area contributed by atoms with Gasteiger partial charge in [0.2, 0.25) is 0 Å². The number of hydrogen-bond donors (Lipinski definition) is 0. The molecule has 0 saturated carbocycles. The van der Waals surface area contributed by atoms with Gasteiger partial charge in [0.1, 0.15) is 5.78 Å². The van der Waals surface area contributed by atoms with Crippen molar-refractivity contribution in [3.05, 3.63) is 28.2 Å². The maximum atomic E-state index is 10.6. The third-order valence-electron chi connectivity index (χ3n) is 1.37. The SMILES string of the molecule is CC(=O)CCC1=CC=C=CS1. The molecule has 0 aromatic heterocycles. The summed E-state index contributed by atoms with van der Waals surface area (Å²) >= 11 is 1.65. The molecule has 1 rings (SSSR count). The smallest absolute Gasteiger partial charge is 0.130 e. The molecule has 0 saturated heterocycles. The zero-order chi connectivity index (χ0) is 8.10. The van der Waals surface area contributed by atoms with Gasteiger partial charge in [-0.15, -0.1) is 5.73 Å². The van der Waals surface area contributed by atoms with Crippen LogP contribution < -0.4 is 0 Å². The first-order valence-corrected chi connectivity index (χ1v) is 4.43. The van der Waals surface area contributed by atoms with E-state index < -0.39 is 0 Å². The summed E-state index contributed by atoms with van der Waals surface area (Å²) in [5, 5.41) is 1.91. The predicted octanol–water partition coefficient (Wildman–Crippen LogP) is 2.66. The summed E-state index contributed by atoms with van der Waals surface area (Å²) in [7, 11) is 0. The summed E-state index contributed by atoms with van der Waals surface area (Å²) in [6, 6.07) is 0. The summed E-state index contributed by atoms with van der Waals surface area (Å²) in [5.41, 5.74) is 2.95. The molecule has 1 aliphatic heterocycles. The second kappa shape index (κ2) is 4.22. The second-order valence-corrected chi connectivity index (χ2v) is 3.40. The van der Waals surface area contributed by atoms with Gasteiger partial charge in [-0.3, -0.25) is 0 Å². The lowest BCUT2D eigenvalue weighted by molar-refractivity contribution is -0.116. The summed E-state index contributed by atoms with van der Waals surface area (Å²) < 4.78 is 0. The average molecular weight is 166 g/mol. The highest BCUT2D eigenvalue weighted by atomic mass is 32.2. The van der Waals surface area contributed by atoms with E-state index in [2.05, 4.69) is 5.73 Å². The van der Waals surface area contributed by atoms with Crippen molar-refractivity contribution in [2.45, 2.75) is 19.8 Å². The van der Waals surface area contributed by atoms with Crippen molar-refractivity contribution in [3.8, 4) is 0 Å². The maximum Gasteiger partial charge on any atom is 0.130 e. The van der Waals surface area contributed by atoms with E-state index in [0.717, 1.165) is 6.42 Å². The van der Waals surface area contributed by atoms with Crippen LogP contribution in [0.25, 0.3) is 0 Å².